The molecule has 27 heavy (non-hydrogen) atoms. The fraction of sp³-hybridized carbons (Fsp3) is 0.111. The number of carbonyl (C=O) groups excluding carboxylic acids is 2. The van der Waals surface area contributed by atoms with Gasteiger partial charge in [0.05, 0.1) is 28.5 Å². The highest BCUT2D eigenvalue weighted by atomic mass is 35.5. The van der Waals surface area contributed by atoms with Crippen LogP contribution in [0, 0.1) is 6.92 Å². The number of hydrogen-bond donors (Lipinski definition) is 2. The van der Waals surface area contributed by atoms with Crippen LogP contribution in [-0.2, 0) is 4.79 Å². The molecular weight excluding hydrogens is 389 g/mol. The van der Waals surface area contributed by atoms with Crippen molar-refractivity contribution >= 4 is 40.7 Å². The zero-order valence-corrected chi connectivity index (χ0v) is 15.8. The largest absolute Gasteiger partial charge is 0.343 e. The van der Waals surface area contributed by atoms with E-state index in [1.54, 1.807) is 24.5 Å². The van der Waals surface area contributed by atoms with Crippen molar-refractivity contribution in [1.82, 2.24) is 19.9 Å². The predicted octanol–water partition coefficient (Wildman–Crippen LogP) is 3.25. The van der Waals surface area contributed by atoms with Crippen molar-refractivity contribution in [3.05, 3.63) is 70.4 Å². The Morgan fingerprint density at radius 2 is 1.93 bits per heavy atom. The van der Waals surface area contributed by atoms with Crippen molar-refractivity contribution in [3.8, 4) is 5.82 Å². The smallest absolute Gasteiger partial charge is 0.251 e. The van der Waals surface area contributed by atoms with Gasteiger partial charge in [-0.3, -0.25) is 14.2 Å². The van der Waals surface area contributed by atoms with Crippen LogP contribution in [0.3, 0.4) is 0 Å². The summed E-state index contributed by atoms with van der Waals surface area (Å²) >= 11 is 11.7. The molecule has 9 heteroatoms. The first-order chi connectivity index (χ1) is 12.9. The number of carbonyl (C=O) groups is 2. The van der Waals surface area contributed by atoms with Crippen LogP contribution >= 0.6 is 23.2 Å². The topological polar surface area (TPSA) is 88.9 Å². The lowest BCUT2D eigenvalue weighted by Gasteiger charge is -2.09. The number of hydrogen-bond acceptors (Lipinski definition) is 4. The number of nitrogens with zero attached hydrogens (tertiary/aromatic N) is 3. The molecule has 1 aromatic carbocycles. The minimum absolute atomic E-state index is 0.193. The van der Waals surface area contributed by atoms with Gasteiger partial charge < -0.3 is 10.6 Å². The lowest BCUT2D eigenvalue weighted by Crippen LogP contribution is -2.32. The molecule has 0 radical (unpaired) electrons. The number of pyridine rings is 1. The van der Waals surface area contributed by atoms with Crippen LogP contribution < -0.4 is 10.6 Å². The highest BCUT2D eigenvalue weighted by Gasteiger charge is 2.10. The Hall–Kier alpha value is -2.90. The van der Waals surface area contributed by atoms with Crippen molar-refractivity contribution in [2.75, 3.05) is 11.9 Å². The number of anilines is 1. The summed E-state index contributed by atoms with van der Waals surface area (Å²) in [5.41, 5.74) is 0.837. The molecule has 0 unspecified atom stereocenters. The Kier molecular flexibility index (Phi) is 5.73. The van der Waals surface area contributed by atoms with Crippen LogP contribution in [0.25, 0.3) is 5.82 Å². The molecule has 0 saturated carbocycles. The second kappa shape index (κ2) is 8.20. The molecule has 7 nitrogen and oxygen atoms in total. The Morgan fingerprint density at radius 3 is 2.56 bits per heavy atom. The van der Waals surface area contributed by atoms with Gasteiger partial charge in [-0.05, 0) is 37.3 Å². The van der Waals surface area contributed by atoms with Gasteiger partial charge in [-0.1, -0.05) is 23.2 Å². The summed E-state index contributed by atoms with van der Waals surface area (Å²) in [6, 6.07) is 7.98. The van der Waals surface area contributed by atoms with E-state index in [4.69, 9.17) is 23.2 Å². The maximum atomic E-state index is 12.1. The number of nitrogens with one attached hydrogen (secondary N) is 2. The first-order valence-electron chi connectivity index (χ1n) is 7.93. The lowest BCUT2D eigenvalue weighted by atomic mass is 10.2. The van der Waals surface area contributed by atoms with Crippen molar-refractivity contribution in [2.24, 2.45) is 0 Å². The molecule has 0 bridgehead atoms. The van der Waals surface area contributed by atoms with Crippen molar-refractivity contribution in [3.63, 3.8) is 0 Å². The fourth-order valence-corrected chi connectivity index (χ4v) is 2.63. The SMILES string of the molecule is Cc1nccn1-c1ccc(NC(=O)CNC(=O)c2ccc(Cl)c(Cl)c2)cn1. The third kappa shape index (κ3) is 4.64. The van der Waals surface area contributed by atoms with Crippen LogP contribution in [0.5, 0.6) is 0 Å². The Labute approximate surface area is 165 Å². The standard InChI is InChI=1S/C18H15Cl2N5O2/c1-11-21-6-7-25(11)16-5-3-13(9-22-16)24-17(26)10-23-18(27)12-2-4-14(19)15(20)8-12/h2-9H,10H2,1H3,(H,23,27)(H,24,26). The predicted molar refractivity (Wildman–Crippen MR) is 104 cm³/mol. The van der Waals surface area contributed by atoms with E-state index in [-0.39, 0.29) is 17.5 Å². The zero-order chi connectivity index (χ0) is 19.4. The van der Waals surface area contributed by atoms with E-state index in [2.05, 4.69) is 20.6 Å². The molecule has 2 heterocycles. The van der Waals surface area contributed by atoms with Crippen LogP contribution in [-0.4, -0.2) is 32.9 Å². The molecule has 0 fully saturated rings. The molecule has 138 valence electrons. The number of rotatable bonds is 5. The maximum absolute atomic E-state index is 12.1. The molecule has 0 saturated heterocycles. The van der Waals surface area contributed by atoms with E-state index in [9.17, 15) is 9.59 Å². The minimum atomic E-state index is -0.423. The second-order valence-electron chi connectivity index (χ2n) is 5.61. The summed E-state index contributed by atoms with van der Waals surface area (Å²) in [5, 5.41) is 5.82. The summed E-state index contributed by atoms with van der Waals surface area (Å²) in [5.74, 6) is 0.699. The average Bonchev–Trinajstić information content (AvgIpc) is 3.08. The molecule has 2 aromatic heterocycles. The van der Waals surface area contributed by atoms with E-state index in [1.165, 1.54) is 24.4 Å². The van der Waals surface area contributed by atoms with Crippen molar-refractivity contribution < 1.29 is 9.59 Å². The van der Waals surface area contributed by atoms with Gasteiger partial charge in [0.25, 0.3) is 5.91 Å². The van der Waals surface area contributed by atoms with Gasteiger partial charge in [-0.15, -0.1) is 0 Å². The summed E-state index contributed by atoms with van der Waals surface area (Å²) < 4.78 is 1.82. The molecular formula is C18H15Cl2N5O2. The van der Waals surface area contributed by atoms with Gasteiger partial charge in [0.1, 0.15) is 11.6 Å². The Bertz CT molecular complexity index is 986. The third-order valence-corrected chi connectivity index (χ3v) is 4.43. The van der Waals surface area contributed by atoms with Gasteiger partial charge in [0, 0.05) is 18.0 Å². The highest BCUT2D eigenvalue weighted by Crippen LogP contribution is 2.22. The number of imidazole rings is 1. The van der Waals surface area contributed by atoms with E-state index in [1.807, 2.05) is 11.5 Å². The van der Waals surface area contributed by atoms with Crippen LogP contribution in [0.4, 0.5) is 5.69 Å². The van der Waals surface area contributed by atoms with E-state index >= 15 is 0 Å². The molecule has 0 aliphatic rings. The first kappa shape index (κ1) is 18.9. The highest BCUT2D eigenvalue weighted by molar-refractivity contribution is 6.42. The summed E-state index contributed by atoms with van der Waals surface area (Å²) in [4.78, 5) is 32.5. The molecule has 3 rings (SSSR count). The first-order valence-corrected chi connectivity index (χ1v) is 8.69. The van der Waals surface area contributed by atoms with E-state index in [0.29, 0.717) is 22.1 Å². The van der Waals surface area contributed by atoms with Gasteiger partial charge in [-0.25, -0.2) is 9.97 Å². The molecule has 3 aromatic rings. The molecule has 0 spiro atoms. The van der Waals surface area contributed by atoms with Gasteiger partial charge >= 0.3 is 0 Å². The van der Waals surface area contributed by atoms with Crippen LogP contribution in [0.2, 0.25) is 10.0 Å². The Morgan fingerprint density at radius 1 is 1.11 bits per heavy atom. The average molecular weight is 404 g/mol. The van der Waals surface area contributed by atoms with Gasteiger partial charge in [-0.2, -0.15) is 0 Å². The number of halogens is 2. The van der Waals surface area contributed by atoms with Gasteiger partial charge in [0.15, 0.2) is 0 Å². The zero-order valence-electron chi connectivity index (χ0n) is 14.2. The number of aryl methyl sites for hydroxylation is 1. The number of aromatic nitrogens is 3. The van der Waals surface area contributed by atoms with Crippen LogP contribution in [0.15, 0.2) is 48.9 Å². The maximum Gasteiger partial charge on any atom is 0.251 e. The summed E-state index contributed by atoms with van der Waals surface area (Å²) in [6.45, 7) is 1.68. The quantitative estimate of drug-likeness (QED) is 0.683. The third-order valence-electron chi connectivity index (χ3n) is 3.70. The normalized spacial score (nSPS) is 10.5. The summed E-state index contributed by atoms with van der Waals surface area (Å²) in [6.07, 6.45) is 5.02. The summed E-state index contributed by atoms with van der Waals surface area (Å²) in [7, 11) is 0. The second-order valence-corrected chi connectivity index (χ2v) is 6.42. The molecule has 0 aliphatic carbocycles. The van der Waals surface area contributed by atoms with Crippen molar-refractivity contribution in [2.45, 2.75) is 6.92 Å². The Balaban J connectivity index is 1.55. The molecule has 0 aliphatic heterocycles. The van der Waals surface area contributed by atoms with Gasteiger partial charge in [0.2, 0.25) is 5.91 Å². The van der Waals surface area contributed by atoms with E-state index < -0.39 is 5.91 Å². The number of amides is 2. The number of benzene rings is 1. The van der Waals surface area contributed by atoms with E-state index in [0.717, 1.165) is 5.82 Å². The molecule has 0 atom stereocenters. The monoisotopic (exact) mass is 403 g/mol. The fourth-order valence-electron chi connectivity index (χ4n) is 2.33. The minimum Gasteiger partial charge on any atom is -0.343 e. The van der Waals surface area contributed by atoms with Crippen LogP contribution in [0.1, 0.15) is 16.2 Å². The molecule has 2 amide bonds. The van der Waals surface area contributed by atoms with Crippen molar-refractivity contribution in [1.29, 1.82) is 0 Å². The lowest BCUT2D eigenvalue weighted by molar-refractivity contribution is -0.115. The molecule has 2 N–H and O–H groups in total.